The van der Waals surface area contributed by atoms with E-state index in [1.54, 1.807) is 7.11 Å². The van der Waals surface area contributed by atoms with Gasteiger partial charge in [0.2, 0.25) is 0 Å². The van der Waals surface area contributed by atoms with Crippen molar-refractivity contribution in [3.63, 3.8) is 0 Å². The normalized spacial score (nSPS) is 10.8. The number of ether oxygens (including phenoxy) is 1. The molecule has 0 aromatic heterocycles. The maximum absolute atomic E-state index is 5.02. The van der Waals surface area contributed by atoms with E-state index in [4.69, 9.17) is 4.74 Å². The molecule has 0 aliphatic carbocycles. The molecule has 0 saturated heterocycles. The average molecular weight is 420 g/mol. The number of hydrogen-bond donors (Lipinski definition) is 2. The molecule has 1 rings (SSSR count). The van der Waals surface area contributed by atoms with Crippen LogP contribution in [0.4, 0.5) is 5.69 Å². The van der Waals surface area contributed by atoms with Crippen LogP contribution in [0, 0.1) is 0 Å². The van der Waals surface area contributed by atoms with Crippen molar-refractivity contribution in [3.8, 4) is 0 Å². The number of methoxy groups -OCH3 is 1. The van der Waals surface area contributed by atoms with Crippen molar-refractivity contribution < 1.29 is 4.74 Å². The summed E-state index contributed by atoms with van der Waals surface area (Å²) in [5.74, 6) is 0.858. The van der Waals surface area contributed by atoms with Gasteiger partial charge in [0.25, 0.3) is 0 Å². The summed E-state index contributed by atoms with van der Waals surface area (Å²) in [6.07, 6.45) is 1.02. The minimum absolute atomic E-state index is 0. The lowest BCUT2D eigenvalue weighted by atomic mass is 10.3. The molecule has 5 nitrogen and oxygen atoms in total. The number of hydrogen-bond acceptors (Lipinski definition) is 3. The molecule has 0 radical (unpaired) electrons. The molecule has 126 valence electrons. The van der Waals surface area contributed by atoms with Crippen molar-refractivity contribution in [2.24, 2.45) is 4.99 Å². The lowest BCUT2D eigenvalue weighted by Crippen LogP contribution is -2.39. The SMILES string of the molecule is CCNC(=NCCCN(C)c1ccccc1)NCCOC.I. The maximum atomic E-state index is 5.02. The lowest BCUT2D eigenvalue weighted by molar-refractivity contribution is 0.203. The Labute approximate surface area is 151 Å². The van der Waals surface area contributed by atoms with Crippen molar-refractivity contribution in [1.82, 2.24) is 10.6 Å². The highest BCUT2D eigenvalue weighted by molar-refractivity contribution is 14.0. The smallest absolute Gasteiger partial charge is 0.191 e. The van der Waals surface area contributed by atoms with E-state index in [1.807, 2.05) is 6.07 Å². The fourth-order valence-electron chi connectivity index (χ4n) is 1.92. The van der Waals surface area contributed by atoms with Gasteiger partial charge in [0.1, 0.15) is 0 Å². The Morgan fingerprint density at radius 2 is 1.95 bits per heavy atom. The van der Waals surface area contributed by atoms with Crippen molar-refractivity contribution in [3.05, 3.63) is 30.3 Å². The quantitative estimate of drug-likeness (QED) is 0.279. The highest BCUT2D eigenvalue weighted by Gasteiger charge is 1.99. The van der Waals surface area contributed by atoms with Gasteiger partial charge in [-0.2, -0.15) is 0 Å². The Hall–Kier alpha value is -1.02. The third-order valence-corrected chi connectivity index (χ3v) is 3.06. The first-order valence-corrected chi connectivity index (χ1v) is 7.55. The standard InChI is InChI=1S/C16H28N4O.HI/c1-4-17-16(19-12-14-21-3)18-11-8-13-20(2)15-9-6-5-7-10-15;/h5-7,9-10H,4,8,11-14H2,1-3H3,(H2,17,18,19);1H. The van der Waals surface area contributed by atoms with Gasteiger partial charge in [-0.15, -0.1) is 24.0 Å². The van der Waals surface area contributed by atoms with Crippen LogP contribution in [-0.4, -0.2) is 52.9 Å². The summed E-state index contributed by atoms with van der Waals surface area (Å²) < 4.78 is 5.02. The summed E-state index contributed by atoms with van der Waals surface area (Å²) in [6, 6.07) is 10.4. The second-order valence-electron chi connectivity index (χ2n) is 4.79. The molecule has 2 N–H and O–H groups in total. The van der Waals surface area contributed by atoms with Crippen molar-refractivity contribution in [2.45, 2.75) is 13.3 Å². The summed E-state index contributed by atoms with van der Waals surface area (Å²) in [4.78, 5) is 6.81. The zero-order valence-electron chi connectivity index (χ0n) is 13.8. The summed E-state index contributed by atoms with van der Waals surface area (Å²) in [5, 5.41) is 6.47. The molecule has 0 unspecified atom stereocenters. The fourth-order valence-corrected chi connectivity index (χ4v) is 1.92. The Balaban J connectivity index is 0.00000441. The Morgan fingerprint density at radius 3 is 2.59 bits per heavy atom. The molecule has 1 aromatic carbocycles. The van der Waals surface area contributed by atoms with E-state index in [1.165, 1.54) is 5.69 Å². The van der Waals surface area contributed by atoms with Gasteiger partial charge in [0.15, 0.2) is 5.96 Å². The zero-order valence-corrected chi connectivity index (χ0v) is 16.2. The second kappa shape index (κ2) is 13.6. The lowest BCUT2D eigenvalue weighted by Gasteiger charge is -2.18. The second-order valence-corrected chi connectivity index (χ2v) is 4.79. The van der Waals surface area contributed by atoms with Gasteiger partial charge in [0, 0.05) is 46.0 Å². The zero-order chi connectivity index (χ0) is 15.3. The molecular formula is C16H29IN4O. The first kappa shape index (κ1) is 21.0. The molecule has 0 fully saturated rings. The fraction of sp³-hybridized carbons (Fsp3) is 0.562. The molecule has 0 atom stereocenters. The Kier molecular flexibility index (Phi) is 13.0. The number of para-hydroxylation sites is 1. The molecule has 0 amide bonds. The summed E-state index contributed by atoms with van der Waals surface area (Å²) in [7, 11) is 3.81. The van der Waals surface area contributed by atoms with Crippen LogP contribution < -0.4 is 15.5 Å². The van der Waals surface area contributed by atoms with Crippen LogP contribution in [0.5, 0.6) is 0 Å². The predicted octanol–water partition coefficient (Wildman–Crippen LogP) is 2.33. The van der Waals surface area contributed by atoms with E-state index in [0.29, 0.717) is 6.61 Å². The van der Waals surface area contributed by atoms with E-state index in [2.05, 4.69) is 58.8 Å². The van der Waals surface area contributed by atoms with E-state index >= 15 is 0 Å². The molecule has 0 spiro atoms. The van der Waals surface area contributed by atoms with Crippen LogP contribution in [0.1, 0.15) is 13.3 Å². The van der Waals surface area contributed by atoms with Gasteiger partial charge >= 0.3 is 0 Å². The minimum Gasteiger partial charge on any atom is -0.383 e. The molecule has 6 heteroatoms. The Morgan fingerprint density at radius 1 is 1.23 bits per heavy atom. The molecule has 0 heterocycles. The third-order valence-electron chi connectivity index (χ3n) is 3.06. The van der Waals surface area contributed by atoms with Crippen LogP contribution in [-0.2, 0) is 4.74 Å². The first-order chi connectivity index (χ1) is 10.3. The minimum atomic E-state index is 0. The summed E-state index contributed by atoms with van der Waals surface area (Å²) in [6.45, 7) is 6.18. The van der Waals surface area contributed by atoms with Crippen molar-refractivity contribution in [2.75, 3.05) is 51.8 Å². The number of aliphatic imine (C=N–C) groups is 1. The topological polar surface area (TPSA) is 48.9 Å². The van der Waals surface area contributed by atoms with E-state index < -0.39 is 0 Å². The van der Waals surface area contributed by atoms with Gasteiger partial charge in [-0.25, -0.2) is 0 Å². The number of anilines is 1. The highest BCUT2D eigenvalue weighted by Crippen LogP contribution is 2.10. The molecule has 0 saturated carbocycles. The van der Waals surface area contributed by atoms with Crippen LogP contribution in [0.25, 0.3) is 0 Å². The molecule has 0 aliphatic heterocycles. The number of benzene rings is 1. The van der Waals surface area contributed by atoms with Crippen LogP contribution >= 0.6 is 24.0 Å². The van der Waals surface area contributed by atoms with Gasteiger partial charge in [0.05, 0.1) is 6.61 Å². The summed E-state index contributed by atoms with van der Waals surface area (Å²) in [5.41, 5.74) is 1.24. The predicted molar refractivity (Wildman–Crippen MR) is 106 cm³/mol. The van der Waals surface area contributed by atoms with Crippen molar-refractivity contribution in [1.29, 1.82) is 0 Å². The maximum Gasteiger partial charge on any atom is 0.191 e. The number of nitrogens with one attached hydrogen (secondary N) is 2. The Bertz CT molecular complexity index is 400. The molecule has 0 aliphatic rings. The van der Waals surface area contributed by atoms with Crippen LogP contribution in [0.3, 0.4) is 0 Å². The molecule has 22 heavy (non-hydrogen) atoms. The molecule has 1 aromatic rings. The van der Waals surface area contributed by atoms with E-state index in [-0.39, 0.29) is 24.0 Å². The average Bonchev–Trinajstić information content (AvgIpc) is 2.52. The molecule has 0 bridgehead atoms. The number of nitrogens with zero attached hydrogens (tertiary/aromatic N) is 2. The third kappa shape index (κ3) is 9.09. The van der Waals surface area contributed by atoms with Crippen LogP contribution in [0.2, 0.25) is 0 Å². The highest BCUT2D eigenvalue weighted by atomic mass is 127. The van der Waals surface area contributed by atoms with Gasteiger partial charge < -0.3 is 20.3 Å². The van der Waals surface area contributed by atoms with E-state index in [0.717, 1.165) is 38.6 Å². The van der Waals surface area contributed by atoms with Gasteiger partial charge in [-0.1, -0.05) is 18.2 Å². The number of guanidine groups is 1. The van der Waals surface area contributed by atoms with Gasteiger partial charge in [-0.3, -0.25) is 4.99 Å². The van der Waals surface area contributed by atoms with Crippen molar-refractivity contribution >= 4 is 35.6 Å². The largest absolute Gasteiger partial charge is 0.383 e. The monoisotopic (exact) mass is 420 g/mol. The molecular weight excluding hydrogens is 391 g/mol. The van der Waals surface area contributed by atoms with E-state index in [9.17, 15) is 0 Å². The first-order valence-electron chi connectivity index (χ1n) is 7.55. The van der Waals surface area contributed by atoms with Gasteiger partial charge in [-0.05, 0) is 25.5 Å². The summed E-state index contributed by atoms with van der Waals surface area (Å²) >= 11 is 0. The van der Waals surface area contributed by atoms with Crippen LogP contribution in [0.15, 0.2) is 35.3 Å². The number of rotatable bonds is 9. The number of halogens is 1.